The van der Waals surface area contributed by atoms with Crippen molar-refractivity contribution in [2.24, 2.45) is 0 Å². The summed E-state index contributed by atoms with van der Waals surface area (Å²) in [5.74, 6) is 0.200. The van der Waals surface area contributed by atoms with Crippen LogP contribution in [-0.4, -0.2) is 16.0 Å². The van der Waals surface area contributed by atoms with Crippen molar-refractivity contribution in [2.75, 3.05) is 5.32 Å². The molecule has 0 aromatic heterocycles. The Labute approximate surface area is 183 Å². The molecule has 1 heterocycles. The number of carbonyl (C=O) groups is 1. The molecule has 2 amide bonds. The van der Waals surface area contributed by atoms with Gasteiger partial charge in [-0.3, -0.25) is 0 Å². The number of aromatic hydroxyl groups is 1. The third kappa shape index (κ3) is 5.20. The molecule has 1 aliphatic rings. The standard InChI is InChI=1S/C24H21F3N2O3/c25-24(26,27)20-6-1-16(2-7-20)12-29-13-19-11-18(5-10-22(19)28-23(29)31)15-32-14-17-3-8-21(30)9-4-17/h1-11,30H,12-15H2,(H,28,31). The molecule has 0 aliphatic carbocycles. The van der Waals surface area contributed by atoms with Crippen molar-refractivity contribution in [3.63, 3.8) is 0 Å². The van der Waals surface area contributed by atoms with Gasteiger partial charge in [0.2, 0.25) is 0 Å². The molecular formula is C24H21F3N2O3. The molecule has 0 spiro atoms. The normalized spacial score (nSPS) is 13.6. The van der Waals surface area contributed by atoms with Crippen LogP contribution in [0.2, 0.25) is 0 Å². The number of hydrogen-bond acceptors (Lipinski definition) is 3. The van der Waals surface area contributed by atoms with Crippen molar-refractivity contribution < 1.29 is 27.8 Å². The van der Waals surface area contributed by atoms with Crippen LogP contribution >= 0.6 is 0 Å². The minimum Gasteiger partial charge on any atom is -0.508 e. The first kappa shape index (κ1) is 21.7. The Kier molecular flexibility index (Phi) is 6.05. The van der Waals surface area contributed by atoms with Gasteiger partial charge in [-0.2, -0.15) is 13.2 Å². The van der Waals surface area contributed by atoms with Gasteiger partial charge in [-0.1, -0.05) is 30.3 Å². The number of carbonyl (C=O) groups excluding carboxylic acids is 1. The summed E-state index contributed by atoms with van der Waals surface area (Å²) in [6.07, 6.45) is -4.39. The lowest BCUT2D eigenvalue weighted by molar-refractivity contribution is -0.137. The summed E-state index contributed by atoms with van der Waals surface area (Å²) in [5.41, 5.74) is 3.39. The first-order valence-electron chi connectivity index (χ1n) is 9.97. The van der Waals surface area contributed by atoms with Gasteiger partial charge in [0.1, 0.15) is 5.75 Å². The van der Waals surface area contributed by atoms with Crippen molar-refractivity contribution in [2.45, 2.75) is 32.5 Å². The highest BCUT2D eigenvalue weighted by molar-refractivity contribution is 5.92. The molecule has 0 bridgehead atoms. The Hall–Kier alpha value is -3.52. The molecule has 1 aliphatic heterocycles. The number of rotatable bonds is 6. The zero-order valence-electron chi connectivity index (χ0n) is 17.0. The first-order valence-corrected chi connectivity index (χ1v) is 9.97. The number of amides is 2. The zero-order chi connectivity index (χ0) is 22.7. The molecule has 4 rings (SSSR count). The van der Waals surface area contributed by atoms with Crippen LogP contribution in [-0.2, 0) is 37.2 Å². The SMILES string of the molecule is O=C1Nc2ccc(COCc3ccc(O)cc3)cc2CN1Cc1ccc(C(F)(F)F)cc1. The fourth-order valence-corrected chi connectivity index (χ4v) is 3.49. The van der Waals surface area contributed by atoms with E-state index in [2.05, 4.69) is 5.32 Å². The van der Waals surface area contributed by atoms with Crippen LogP contribution < -0.4 is 5.32 Å². The Balaban J connectivity index is 1.38. The highest BCUT2D eigenvalue weighted by Gasteiger charge is 2.30. The van der Waals surface area contributed by atoms with E-state index in [9.17, 15) is 23.1 Å². The topological polar surface area (TPSA) is 61.8 Å². The number of phenols is 1. The molecule has 8 heteroatoms. The summed E-state index contributed by atoms with van der Waals surface area (Å²) >= 11 is 0. The van der Waals surface area contributed by atoms with Crippen LogP contribution in [0.15, 0.2) is 66.7 Å². The highest BCUT2D eigenvalue weighted by atomic mass is 19.4. The summed E-state index contributed by atoms with van der Waals surface area (Å²) in [7, 11) is 0. The highest BCUT2D eigenvalue weighted by Crippen LogP contribution is 2.30. The van der Waals surface area contributed by atoms with Gasteiger partial charge < -0.3 is 20.1 Å². The van der Waals surface area contributed by atoms with Crippen LogP contribution in [0.4, 0.5) is 23.7 Å². The van der Waals surface area contributed by atoms with E-state index in [0.717, 1.165) is 28.8 Å². The van der Waals surface area contributed by atoms with E-state index in [1.165, 1.54) is 12.1 Å². The van der Waals surface area contributed by atoms with E-state index in [1.54, 1.807) is 29.2 Å². The molecule has 0 radical (unpaired) electrons. The fraction of sp³-hybridized carbons (Fsp3) is 0.208. The molecule has 0 fully saturated rings. The van der Waals surface area contributed by atoms with Gasteiger partial charge >= 0.3 is 12.2 Å². The molecule has 32 heavy (non-hydrogen) atoms. The number of hydrogen-bond donors (Lipinski definition) is 2. The summed E-state index contributed by atoms with van der Waals surface area (Å²) in [6.45, 7) is 1.31. The maximum atomic E-state index is 12.7. The minimum atomic E-state index is -4.39. The van der Waals surface area contributed by atoms with E-state index < -0.39 is 11.7 Å². The third-order valence-corrected chi connectivity index (χ3v) is 5.19. The predicted octanol–water partition coefficient (Wildman–Crippen LogP) is 5.68. The van der Waals surface area contributed by atoms with Gasteiger partial charge in [-0.05, 0) is 58.7 Å². The number of ether oxygens (including phenoxy) is 1. The number of urea groups is 1. The summed E-state index contributed by atoms with van der Waals surface area (Å²) in [5, 5.41) is 12.2. The molecular weight excluding hydrogens is 421 g/mol. The van der Waals surface area contributed by atoms with Gasteiger partial charge in [0.15, 0.2) is 0 Å². The number of phenolic OH excluding ortho intramolecular Hbond substituents is 1. The Morgan fingerprint density at radius 3 is 2.22 bits per heavy atom. The monoisotopic (exact) mass is 442 g/mol. The third-order valence-electron chi connectivity index (χ3n) is 5.19. The van der Waals surface area contributed by atoms with Crippen LogP contribution in [0, 0.1) is 0 Å². The molecule has 0 saturated carbocycles. The summed E-state index contributed by atoms with van der Waals surface area (Å²) in [4.78, 5) is 14.0. The lowest BCUT2D eigenvalue weighted by Crippen LogP contribution is -2.38. The second-order valence-corrected chi connectivity index (χ2v) is 7.63. The number of nitrogens with one attached hydrogen (secondary N) is 1. The molecule has 0 saturated heterocycles. The Bertz CT molecular complexity index is 1100. The van der Waals surface area contributed by atoms with Crippen molar-refractivity contribution in [3.8, 4) is 5.75 Å². The van der Waals surface area contributed by atoms with Gasteiger partial charge in [0.05, 0.1) is 18.8 Å². The predicted molar refractivity (Wildman–Crippen MR) is 113 cm³/mol. The molecule has 5 nitrogen and oxygen atoms in total. The van der Waals surface area contributed by atoms with Crippen LogP contribution in [0.5, 0.6) is 5.75 Å². The average molecular weight is 442 g/mol. The lowest BCUT2D eigenvalue weighted by Gasteiger charge is -2.30. The average Bonchev–Trinajstić information content (AvgIpc) is 2.75. The zero-order valence-corrected chi connectivity index (χ0v) is 17.0. The quantitative estimate of drug-likeness (QED) is 0.517. The van der Waals surface area contributed by atoms with Gasteiger partial charge in [-0.25, -0.2) is 4.79 Å². The maximum Gasteiger partial charge on any atom is 0.416 e. The van der Waals surface area contributed by atoms with E-state index in [0.29, 0.717) is 31.0 Å². The van der Waals surface area contributed by atoms with Crippen molar-refractivity contribution in [1.82, 2.24) is 4.90 Å². The molecule has 3 aromatic carbocycles. The van der Waals surface area contributed by atoms with E-state index in [1.807, 2.05) is 18.2 Å². The fourth-order valence-electron chi connectivity index (χ4n) is 3.49. The molecule has 0 unspecified atom stereocenters. The lowest BCUT2D eigenvalue weighted by atomic mass is 10.1. The minimum absolute atomic E-state index is 0.199. The van der Waals surface area contributed by atoms with E-state index >= 15 is 0 Å². The van der Waals surface area contributed by atoms with Gasteiger partial charge in [0.25, 0.3) is 0 Å². The van der Waals surface area contributed by atoms with Crippen molar-refractivity contribution >= 4 is 11.7 Å². The van der Waals surface area contributed by atoms with Crippen LogP contribution in [0.25, 0.3) is 0 Å². The van der Waals surface area contributed by atoms with Crippen molar-refractivity contribution in [3.05, 3.63) is 94.5 Å². The van der Waals surface area contributed by atoms with Crippen LogP contribution in [0.1, 0.15) is 27.8 Å². The number of anilines is 1. The molecule has 2 N–H and O–H groups in total. The molecule has 166 valence electrons. The van der Waals surface area contributed by atoms with Crippen molar-refractivity contribution in [1.29, 1.82) is 0 Å². The number of halogens is 3. The summed E-state index contributed by atoms with van der Waals surface area (Å²) < 4.78 is 44.0. The second kappa shape index (κ2) is 8.92. The number of alkyl halides is 3. The van der Waals surface area contributed by atoms with Gasteiger partial charge in [0, 0.05) is 18.8 Å². The largest absolute Gasteiger partial charge is 0.508 e. The molecule has 0 atom stereocenters. The van der Waals surface area contributed by atoms with E-state index in [4.69, 9.17) is 4.74 Å². The van der Waals surface area contributed by atoms with E-state index in [-0.39, 0.29) is 18.3 Å². The first-order chi connectivity index (χ1) is 15.3. The smallest absolute Gasteiger partial charge is 0.416 e. The van der Waals surface area contributed by atoms with Crippen LogP contribution in [0.3, 0.4) is 0 Å². The Morgan fingerprint density at radius 2 is 1.53 bits per heavy atom. The number of nitrogens with zero attached hydrogens (tertiary/aromatic N) is 1. The maximum absolute atomic E-state index is 12.7. The second-order valence-electron chi connectivity index (χ2n) is 7.63. The van der Waals surface area contributed by atoms with Gasteiger partial charge in [-0.15, -0.1) is 0 Å². The molecule has 3 aromatic rings. The number of fused-ring (bicyclic) bond motifs is 1. The summed E-state index contributed by atoms with van der Waals surface area (Å²) in [6, 6.07) is 17.0. The number of benzene rings is 3. The Morgan fingerprint density at radius 1 is 0.906 bits per heavy atom.